The SMILES string of the molecule is CCCCCCC(=N)C(CCCCCC(=N)N)(C(=N)N)C(=N)CCCCCC. The molecular formula is C22H44N6. The van der Waals surface area contributed by atoms with Gasteiger partial charge in [0.05, 0.1) is 5.84 Å². The highest BCUT2D eigenvalue weighted by atomic mass is 14.8. The lowest BCUT2D eigenvalue weighted by atomic mass is 9.70. The summed E-state index contributed by atoms with van der Waals surface area (Å²) in [5.74, 6) is 0.158. The summed E-state index contributed by atoms with van der Waals surface area (Å²) in [4.78, 5) is 0. The molecule has 0 atom stereocenters. The van der Waals surface area contributed by atoms with Crippen molar-refractivity contribution in [2.45, 2.75) is 110 Å². The summed E-state index contributed by atoms with van der Waals surface area (Å²) in [7, 11) is 0. The predicted molar refractivity (Wildman–Crippen MR) is 122 cm³/mol. The van der Waals surface area contributed by atoms with Gasteiger partial charge in [0, 0.05) is 17.8 Å². The summed E-state index contributed by atoms with van der Waals surface area (Å²) in [5, 5.41) is 33.1. The summed E-state index contributed by atoms with van der Waals surface area (Å²) in [5.41, 5.74) is 11.4. The highest BCUT2D eigenvalue weighted by Crippen LogP contribution is 2.33. The molecule has 0 aliphatic heterocycles. The highest BCUT2D eigenvalue weighted by molar-refractivity contribution is 6.25. The molecule has 0 aromatic rings. The first-order chi connectivity index (χ1) is 13.3. The van der Waals surface area contributed by atoms with Crippen molar-refractivity contribution >= 4 is 23.1 Å². The van der Waals surface area contributed by atoms with Crippen molar-refractivity contribution in [1.29, 1.82) is 21.6 Å². The van der Waals surface area contributed by atoms with Gasteiger partial charge in [0.2, 0.25) is 0 Å². The van der Waals surface area contributed by atoms with E-state index in [1.54, 1.807) is 0 Å². The van der Waals surface area contributed by atoms with Crippen LogP contribution in [0.3, 0.4) is 0 Å². The van der Waals surface area contributed by atoms with Crippen LogP contribution in [0, 0.1) is 27.1 Å². The first-order valence-corrected chi connectivity index (χ1v) is 11.2. The molecule has 6 nitrogen and oxygen atoms in total. The number of unbranched alkanes of at least 4 members (excludes halogenated alkanes) is 8. The van der Waals surface area contributed by atoms with Gasteiger partial charge in [-0.15, -0.1) is 0 Å². The van der Waals surface area contributed by atoms with Gasteiger partial charge < -0.3 is 22.3 Å². The van der Waals surface area contributed by atoms with E-state index in [1.165, 1.54) is 0 Å². The van der Waals surface area contributed by atoms with E-state index in [2.05, 4.69) is 13.8 Å². The van der Waals surface area contributed by atoms with E-state index in [0.717, 1.165) is 70.6 Å². The number of hydrogen-bond acceptors (Lipinski definition) is 4. The minimum atomic E-state index is -1.01. The van der Waals surface area contributed by atoms with Crippen molar-refractivity contribution in [3.05, 3.63) is 0 Å². The third kappa shape index (κ3) is 9.47. The second-order valence-corrected chi connectivity index (χ2v) is 7.98. The van der Waals surface area contributed by atoms with E-state index in [1.807, 2.05) is 0 Å². The number of rotatable bonds is 19. The number of amidine groups is 2. The molecular weight excluding hydrogens is 348 g/mol. The second-order valence-electron chi connectivity index (χ2n) is 7.98. The number of nitrogens with two attached hydrogens (primary N) is 2. The lowest BCUT2D eigenvalue weighted by Gasteiger charge is -2.35. The summed E-state index contributed by atoms with van der Waals surface area (Å²) in [6.07, 6.45) is 13.5. The quantitative estimate of drug-likeness (QED) is 0.0939. The molecule has 0 unspecified atom stereocenters. The average Bonchev–Trinajstić information content (AvgIpc) is 2.64. The summed E-state index contributed by atoms with van der Waals surface area (Å²) < 4.78 is 0. The van der Waals surface area contributed by atoms with Gasteiger partial charge in [-0.3, -0.25) is 10.8 Å². The predicted octanol–water partition coefficient (Wildman–Crippen LogP) is 5.78. The van der Waals surface area contributed by atoms with Crippen LogP contribution < -0.4 is 11.5 Å². The van der Waals surface area contributed by atoms with Gasteiger partial charge in [-0.25, -0.2) is 0 Å². The molecule has 0 spiro atoms. The fourth-order valence-electron chi connectivity index (χ4n) is 3.71. The maximum Gasteiger partial charge on any atom is 0.108 e. The van der Waals surface area contributed by atoms with Gasteiger partial charge in [-0.2, -0.15) is 0 Å². The monoisotopic (exact) mass is 392 g/mol. The largest absolute Gasteiger partial charge is 0.388 e. The molecule has 28 heavy (non-hydrogen) atoms. The molecule has 0 amide bonds. The van der Waals surface area contributed by atoms with Crippen LogP contribution in [-0.2, 0) is 0 Å². The molecule has 0 aromatic heterocycles. The normalized spacial score (nSPS) is 13.1. The lowest BCUT2D eigenvalue weighted by molar-refractivity contribution is 0.553. The molecule has 0 aromatic carbocycles. The Bertz CT molecular complexity index is 473. The molecule has 0 radical (unpaired) electrons. The van der Waals surface area contributed by atoms with Crippen LogP contribution in [0.2, 0.25) is 0 Å². The fraction of sp³-hybridized carbons (Fsp3) is 0.818. The Morgan fingerprint density at radius 3 is 1.43 bits per heavy atom. The van der Waals surface area contributed by atoms with E-state index < -0.39 is 5.41 Å². The molecule has 8 N–H and O–H groups in total. The Morgan fingerprint density at radius 1 is 0.607 bits per heavy atom. The third-order valence-electron chi connectivity index (χ3n) is 5.55. The topological polar surface area (TPSA) is 147 Å². The zero-order valence-corrected chi connectivity index (χ0v) is 18.3. The Morgan fingerprint density at radius 2 is 1.04 bits per heavy atom. The van der Waals surface area contributed by atoms with Crippen molar-refractivity contribution in [3.63, 3.8) is 0 Å². The van der Waals surface area contributed by atoms with Crippen LogP contribution in [0.25, 0.3) is 0 Å². The van der Waals surface area contributed by atoms with Crippen molar-refractivity contribution in [1.82, 2.24) is 0 Å². The summed E-state index contributed by atoms with van der Waals surface area (Å²) in [6.45, 7) is 4.33. The Balaban J connectivity index is 5.13. The van der Waals surface area contributed by atoms with E-state index in [4.69, 9.17) is 33.1 Å². The smallest absolute Gasteiger partial charge is 0.108 e. The molecule has 0 saturated carbocycles. The highest BCUT2D eigenvalue weighted by Gasteiger charge is 2.41. The molecule has 0 fully saturated rings. The van der Waals surface area contributed by atoms with Crippen molar-refractivity contribution in [2.75, 3.05) is 0 Å². The number of nitrogens with one attached hydrogen (secondary N) is 4. The van der Waals surface area contributed by atoms with Crippen LogP contribution in [0.15, 0.2) is 0 Å². The minimum absolute atomic E-state index is 0.0416. The molecule has 162 valence electrons. The minimum Gasteiger partial charge on any atom is -0.388 e. The molecule has 0 saturated heterocycles. The van der Waals surface area contributed by atoms with Crippen molar-refractivity contribution in [3.8, 4) is 0 Å². The van der Waals surface area contributed by atoms with E-state index in [9.17, 15) is 0 Å². The first-order valence-electron chi connectivity index (χ1n) is 11.2. The molecule has 0 rings (SSSR count). The Kier molecular flexibility index (Phi) is 14.3. The van der Waals surface area contributed by atoms with Gasteiger partial charge in [-0.05, 0) is 38.5 Å². The van der Waals surface area contributed by atoms with E-state index in [0.29, 0.717) is 37.1 Å². The zero-order valence-electron chi connectivity index (χ0n) is 18.3. The van der Waals surface area contributed by atoms with Gasteiger partial charge in [0.15, 0.2) is 0 Å². The standard InChI is InChI=1S/C22H44N6/c1-3-5-7-10-14-18(23)22(21(27)28,17-13-9-12-16-20(25)26)19(24)15-11-8-6-4-2/h23-24H,3-17H2,1-2H3,(H3,25,26)(H3,27,28). The van der Waals surface area contributed by atoms with E-state index in [-0.39, 0.29) is 11.7 Å². The molecule has 0 bridgehead atoms. The first kappa shape index (κ1) is 26.3. The molecule has 0 aliphatic carbocycles. The van der Waals surface area contributed by atoms with Gasteiger partial charge in [0.1, 0.15) is 11.3 Å². The fourth-order valence-corrected chi connectivity index (χ4v) is 3.71. The van der Waals surface area contributed by atoms with Crippen LogP contribution in [0.5, 0.6) is 0 Å². The zero-order chi connectivity index (χ0) is 21.4. The summed E-state index contributed by atoms with van der Waals surface area (Å²) >= 11 is 0. The average molecular weight is 393 g/mol. The third-order valence-corrected chi connectivity index (χ3v) is 5.55. The maximum atomic E-state index is 8.74. The lowest BCUT2D eigenvalue weighted by Crippen LogP contribution is -2.49. The maximum absolute atomic E-state index is 8.74. The Labute approximate surface area is 172 Å². The van der Waals surface area contributed by atoms with Crippen molar-refractivity contribution in [2.24, 2.45) is 16.9 Å². The molecule has 6 heteroatoms. The van der Waals surface area contributed by atoms with Crippen LogP contribution in [0.4, 0.5) is 0 Å². The van der Waals surface area contributed by atoms with E-state index >= 15 is 0 Å². The van der Waals surface area contributed by atoms with Crippen molar-refractivity contribution < 1.29 is 0 Å². The van der Waals surface area contributed by atoms with Crippen LogP contribution in [0.1, 0.15) is 110 Å². The van der Waals surface area contributed by atoms with Gasteiger partial charge in [0.25, 0.3) is 0 Å². The van der Waals surface area contributed by atoms with Crippen LogP contribution in [-0.4, -0.2) is 23.1 Å². The Hall–Kier alpha value is -1.72. The van der Waals surface area contributed by atoms with Gasteiger partial charge >= 0.3 is 0 Å². The molecule has 0 heterocycles. The number of hydrogen-bond donors (Lipinski definition) is 6. The van der Waals surface area contributed by atoms with Crippen LogP contribution >= 0.6 is 0 Å². The second kappa shape index (κ2) is 15.2. The molecule has 0 aliphatic rings. The summed E-state index contributed by atoms with van der Waals surface area (Å²) in [6, 6.07) is 0. The van der Waals surface area contributed by atoms with Gasteiger partial charge in [-0.1, -0.05) is 65.2 Å².